The van der Waals surface area contributed by atoms with E-state index in [1.165, 1.54) is 20.5 Å². The molecule has 0 aliphatic carbocycles. The zero-order chi connectivity index (χ0) is 20.8. The standard InChI is InChI=1S/C22H17N3O5/c1-28-19-12-7-8-30-20(12)21(29-2)18(27)16(19)17(26)11-9-15(23-10-11)22-24-13-5-3-4-6-14(13)25-22/h3-10,23,27H,1-2H3,(H,24,25). The number of hydrogen-bond acceptors (Lipinski definition) is 6. The van der Waals surface area contributed by atoms with Crippen LogP contribution in [0.1, 0.15) is 15.9 Å². The first-order chi connectivity index (χ1) is 14.6. The first-order valence-electron chi connectivity index (χ1n) is 9.14. The molecule has 0 unspecified atom stereocenters. The number of fused-ring (bicyclic) bond motifs is 2. The Morgan fingerprint density at radius 3 is 2.70 bits per heavy atom. The van der Waals surface area contributed by atoms with E-state index in [1.807, 2.05) is 24.3 Å². The SMILES string of the molecule is COc1c(C(=O)c2c[nH]c(-c3nc4ccccc4[nH]3)c2)c(O)c(OC)c2occc12. The number of carbonyl (C=O) groups is 1. The van der Waals surface area contributed by atoms with Crippen molar-refractivity contribution in [3.05, 3.63) is 60.0 Å². The number of phenols is 1. The van der Waals surface area contributed by atoms with E-state index in [0.717, 1.165) is 11.0 Å². The molecule has 5 aromatic rings. The minimum Gasteiger partial charge on any atom is -0.504 e. The molecule has 0 aliphatic rings. The molecule has 0 spiro atoms. The zero-order valence-electron chi connectivity index (χ0n) is 16.1. The van der Waals surface area contributed by atoms with Gasteiger partial charge in [0.2, 0.25) is 11.5 Å². The molecule has 150 valence electrons. The lowest BCUT2D eigenvalue weighted by Gasteiger charge is -2.13. The molecular formula is C22H17N3O5. The van der Waals surface area contributed by atoms with Gasteiger partial charge in [-0.2, -0.15) is 0 Å². The van der Waals surface area contributed by atoms with Gasteiger partial charge in [0.05, 0.1) is 42.6 Å². The monoisotopic (exact) mass is 403 g/mol. The van der Waals surface area contributed by atoms with Crippen LogP contribution in [-0.4, -0.2) is 40.1 Å². The second-order valence-corrected chi connectivity index (χ2v) is 6.69. The van der Waals surface area contributed by atoms with E-state index in [2.05, 4.69) is 15.0 Å². The van der Waals surface area contributed by atoms with Crippen molar-refractivity contribution in [3.63, 3.8) is 0 Å². The van der Waals surface area contributed by atoms with Crippen molar-refractivity contribution in [2.45, 2.75) is 0 Å². The Kier molecular flexibility index (Phi) is 3.99. The molecule has 2 aromatic carbocycles. The summed E-state index contributed by atoms with van der Waals surface area (Å²) in [5, 5.41) is 11.3. The normalized spacial score (nSPS) is 11.3. The molecule has 0 atom stereocenters. The number of nitrogens with zero attached hydrogens (tertiary/aromatic N) is 1. The number of carbonyl (C=O) groups excluding carboxylic acids is 1. The van der Waals surface area contributed by atoms with Crippen molar-refractivity contribution in [2.75, 3.05) is 14.2 Å². The molecule has 0 bridgehead atoms. The van der Waals surface area contributed by atoms with Crippen LogP contribution in [0.25, 0.3) is 33.5 Å². The highest BCUT2D eigenvalue weighted by molar-refractivity contribution is 6.16. The molecule has 3 N–H and O–H groups in total. The number of aromatic hydroxyl groups is 1. The third kappa shape index (κ3) is 2.54. The Bertz CT molecular complexity index is 1380. The quantitative estimate of drug-likeness (QED) is 0.378. The lowest BCUT2D eigenvalue weighted by molar-refractivity contribution is 0.103. The van der Waals surface area contributed by atoms with E-state index in [1.54, 1.807) is 18.3 Å². The van der Waals surface area contributed by atoms with Crippen LogP contribution in [0.4, 0.5) is 0 Å². The fraction of sp³-hybridized carbons (Fsp3) is 0.0909. The molecule has 8 nitrogen and oxygen atoms in total. The average molecular weight is 403 g/mol. The summed E-state index contributed by atoms with van der Waals surface area (Å²) in [6.07, 6.45) is 3.01. The molecule has 30 heavy (non-hydrogen) atoms. The number of para-hydroxylation sites is 2. The number of benzene rings is 2. The Labute approximate surface area is 170 Å². The predicted molar refractivity (Wildman–Crippen MR) is 110 cm³/mol. The number of ketones is 1. The van der Waals surface area contributed by atoms with Crippen molar-refractivity contribution < 1.29 is 23.8 Å². The van der Waals surface area contributed by atoms with Gasteiger partial charge in [0.1, 0.15) is 11.3 Å². The van der Waals surface area contributed by atoms with Crippen LogP contribution >= 0.6 is 0 Å². The molecule has 0 amide bonds. The first-order valence-corrected chi connectivity index (χ1v) is 9.14. The average Bonchev–Trinajstić information content (AvgIpc) is 3.50. The maximum atomic E-state index is 13.3. The second kappa shape index (κ2) is 6.70. The molecule has 0 saturated carbocycles. The molecule has 5 rings (SSSR count). The number of H-pyrrole nitrogens is 2. The molecule has 8 heteroatoms. The van der Waals surface area contributed by atoms with Crippen LogP contribution in [0, 0.1) is 0 Å². The van der Waals surface area contributed by atoms with Crippen molar-refractivity contribution >= 4 is 27.8 Å². The molecule has 0 fully saturated rings. The van der Waals surface area contributed by atoms with Crippen LogP contribution in [0.3, 0.4) is 0 Å². The number of furan rings is 1. The van der Waals surface area contributed by atoms with Crippen LogP contribution in [0.15, 0.2) is 53.3 Å². The van der Waals surface area contributed by atoms with Gasteiger partial charge in [0.15, 0.2) is 17.2 Å². The highest BCUT2D eigenvalue weighted by Gasteiger charge is 2.28. The maximum absolute atomic E-state index is 13.3. The molecule has 0 saturated heterocycles. The first kappa shape index (κ1) is 17.9. The van der Waals surface area contributed by atoms with E-state index in [9.17, 15) is 9.90 Å². The highest BCUT2D eigenvalue weighted by Crippen LogP contribution is 2.46. The third-order valence-electron chi connectivity index (χ3n) is 5.02. The minimum absolute atomic E-state index is 0.00148. The number of methoxy groups -OCH3 is 2. The summed E-state index contributed by atoms with van der Waals surface area (Å²) in [4.78, 5) is 24.1. The van der Waals surface area contributed by atoms with Gasteiger partial charge >= 0.3 is 0 Å². The van der Waals surface area contributed by atoms with Gasteiger partial charge in [-0.15, -0.1) is 0 Å². The Hall–Kier alpha value is -4.20. The van der Waals surface area contributed by atoms with E-state index >= 15 is 0 Å². The summed E-state index contributed by atoms with van der Waals surface area (Å²) in [7, 11) is 2.83. The Morgan fingerprint density at radius 2 is 1.93 bits per heavy atom. The second-order valence-electron chi connectivity index (χ2n) is 6.69. The maximum Gasteiger partial charge on any atom is 0.205 e. The summed E-state index contributed by atoms with van der Waals surface area (Å²) in [6.45, 7) is 0. The number of aromatic nitrogens is 3. The summed E-state index contributed by atoms with van der Waals surface area (Å²) in [5.74, 6) is 0.132. The lowest BCUT2D eigenvalue weighted by atomic mass is 10.0. The Balaban J connectivity index is 1.62. The smallest absolute Gasteiger partial charge is 0.205 e. The van der Waals surface area contributed by atoms with Gasteiger partial charge in [-0.1, -0.05) is 12.1 Å². The number of nitrogens with one attached hydrogen (secondary N) is 2. The van der Waals surface area contributed by atoms with Crippen LogP contribution < -0.4 is 9.47 Å². The van der Waals surface area contributed by atoms with Gasteiger partial charge in [-0.25, -0.2) is 4.98 Å². The third-order valence-corrected chi connectivity index (χ3v) is 5.02. The fourth-order valence-corrected chi connectivity index (χ4v) is 3.63. The number of rotatable bonds is 5. The van der Waals surface area contributed by atoms with E-state index in [4.69, 9.17) is 13.9 Å². The molecule has 3 aromatic heterocycles. The summed E-state index contributed by atoms with van der Waals surface area (Å²) >= 11 is 0. The highest BCUT2D eigenvalue weighted by atomic mass is 16.5. The largest absolute Gasteiger partial charge is 0.504 e. The van der Waals surface area contributed by atoms with Gasteiger partial charge in [-0.3, -0.25) is 4.79 Å². The Morgan fingerprint density at radius 1 is 1.13 bits per heavy atom. The summed E-state index contributed by atoms with van der Waals surface area (Å²) < 4.78 is 16.1. The van der Waals surface area contributed by atoms with E-state index in [-0.39, 0.29) is 22.8 Å². The van der Waals surface area contributed by atoms with Gasteiger partial charge in [0, 0.05) is 11.8 Å². The van der Waals surface area contributed by atoms with Crippen molar-refractivity contribution in [1.29, 1.82) is 0 Å². The number of aromatic amines is 2. The van der Waals surface area contributed by atoms with Crippen molar-refractivity contribution in [3.8, 4) is 28.8 Å². The lowest BCUT2D eigenvalue weighted by Crippen LogP contribution is -2.05. The van der Waals surface area contributed by atoms with Crippen LogP contribution in [0.2, 0.25) is 0 Å². The molecule has 3 heterocycles. The molecular weight excluding hydrogens is 386 g/mol. The zero-order valence-corrected chi connectivity index (χ0v) is 16.1. The molecule has 0 aliphatic heterocycles. The van der Waals surface area contributed by atoms with Crippen molar-refractivity contribution in [2.24, 2.45) is 0 Å². The molecule has 0 radical (unpaired) electrons. The fourth-order valence-electron chi connectivity index (χ4n) is 3.63. The van der Waals surface area contributed by atoms with Gasteiger partial charge in [0.25, 0.3) is 0 Å². The number of imidazole rings is 1. The van der Waals surface area contributed by atoms with Crippen LogP contribution in [0.5, 0.6) is 17.2 Å². The van der Waals surface area contributed by atoms with E-state index in [0.29, 0.717) is 28.1 Å². The summed E-state index contributed by atoms with van der Waals surface area (Å²) in [6, 6.07) is 11.0. The number of hydrogen-bond donors (Lipinski definition) is 3. The summed E-state index contributed by atoms with van der Waals surface area (Å²) in [5.41, 5.74) is 3.00. The van der Waals surface area contributed by atoms with Gasteiger partial charge < -0.3 is 29.0 Å². The van der Waals surface area contributed by atoms with Crippen LogP contribution in [-0.2, 0) is 0 Å². The topological polar surface area (TPSA) is 113 Å². The number of phenolic OH excluding ortho intramolecular Hbond substituents is 1. The minimum atomic E-state index is -0.427. The number of ether oxygens (including phenoxy) is 2. The van der Waals surface area contributed by atoms with E-state index < -0.39 is 5.78 Å². The van der Waals surface area contributed by atoms with Gasteiger partial charge in [-0.05, 0) is 24.3 Å². The van der Waals surface area contributed by atoms with Crippen molar-refractivity contribution in [1.82, 2.24) is 15.0 Å². The predicted octanol–water partition coefficient (Wildman–Crippen LogP) is 4.26.